The highest BCUT2D eigenvalue weighted by Crippen LogP contribution is 2.30. The second-order valence-electron chi connectivity index (χ2n) is 2.40. The average Bonchev–Trinajstić information content (AvgIpc) is 2.13. The van der Waals surface area contributed by atoms with Crippen LogP contribution in [0.2, 0.25) is 0 Å². The summed E-state index contributed by atoms with van der Waals surface area (Å²) in [5.74, 6) is -0.787. The number of hydrogen-bond acceptors (Lipinski definition) is 2. The van der Waals surface area contributed by atoms with Gasteiger partial charge in [-0.1, -0.05) is 22.0 Å². The van der Waals surface area contributed by atoms with Crippen molar-refractivity contribution in [3.63, 3.8) is 0 Å². The van der Waals surface area contributed by atoms with Crippen molar-refractivity contribution < 1.29 is 13.9 Å². The van der Waals surface area contributed by atoms with Crippen LogP contribution in [0.3, 0.4) is 0 Å². The van der Waals surface area contributed by atoms with Gasteiger partial charge in [-0.3, -0.25) is 0 Å². The molecule has 1 aromatic rings. The average molecular weight is 327 g/mol. The van der Waals surface area contributed by atoms with Gasteiger partial charge in [0.2, 0.25) is 0 Å². The highest BCUT2D eigenvalue weighted by Gasteiger charge is 2.14. The molecule has 76 valence electrons. The first kappa shape index (κ1) is 11.5. The third-order valence-electron chi connectivity index (χ3n) is 1.48. The second-order valence-corrected chi connectivity index (χ2v) is 3.82. The van der Waals surface area contributed by atoms with Crippen molar-refractivity contribution in [1.29, 1.82) is 0 Å². The summed E-state index contributed by atoms with van der Waals surface area (Å²) in [7, 11) is 0. The number of rotatable bonds is 2. The molecule has 0 bridgehead atoms. The number of amides is 1. The van der Waals surface area contributed by atoms with Gasteiger partial charge in [0.05, 0.1) is 4.47 Å². The molecule has 0 saturated carbocycles. The van der Waals surface area contributed by atoms with Crippen LogP contribution in [0.15, 0.2) is 16.6 Å². The van der Waals surface area contributed by atoms with Gasteiger partial charge >= 0.3 is 6.09 Å². The van der Waals surface area contributed by atoms with Crippen LogP contribution in [0.5, 0.6) is 5.75 Å². The van der Waals surface area contributed by atoms with Crippen LogP contribution in [0.4, 0.5) is 9.18 Å². The Morgan fingerprint density at radius 3 is 2.71 bits per heavy atom. The van der Waals surface area contributed by atoms with E-state index >= 15 is 0 Å². The molecule has 14 heavy (non-hydrogen) atoms. The van der Waals surface area contributed by atoms with Crippen molar-refractivity contribution in [2.75, 3.05) is 0 Å². The molecule has 0 heterocycles. The summed E-state index contributed by atoms with van der Waals surface area (Å²) < 4.78 is 18.2. The highest BCUT2D eigenvalue weighted by molar-refractivity contribution is 9.10. The molecule has 0 aliphatic rings. The van der Waals surface area contributed by atoms with Crippen LogP contribution in [0, 0.1) is 5.82 Å². The molecule has 2 N–H and O–H groups in total. The molecule has 0 atom stereocenters. The molecule has 0 unspecified atom stereocenters. The van der Waals surface area contributed by atoms with Crippen molar-refractivity contribution in [1.82, 2.24) is 0 Å². The quantitative estimate of drug-likeness (QED) is 0.849. The van der Waals surface area contributed by atoms with E-state index in [4.69, 9.17) is 5.73 Å². The first-order valence-electron chi connectivity index (χ1n) is 3.56. The fraction of sp³-hybridized carbons (Fsp3) is 0.125. The molecule has 0 radical (unpaired) electrons. The lowest BCUT2D eigenvalue weighted by atomic mass is 10.2. The smallest absolute Gasteiger partial charge is 0.407 e. The van der Waals surface area contributed by atoms with Gasteiger partial charge in [-0.25, -0.2) is 9.18 Å². The number of halogens is 3. The number of carbonyl (C=O) groups is 1. The molecule has 0 fully saturated rings. The van der Waals surface area contributed by atoms with Gasteiger partial charge in [-0.05, 0) is 22.0 Å². The molecule has 0 saturated heterocycles. The van der Waals surface area contributed by atoms with E-state index in [1.54, 1.807) is 6.07 Å². The largest absolute Gasteiger partial charge is 0.410 e. The van der Waals surface area contributed by atoms with E-state index in [1.165, 1.54) is 6.07 Å². The summed E-state index contributed by atoms with van der Waals surface area (Å²) >= 11 is 6.12. The van der Waals surface area contributed by atoms with Gasteiger partial charge in [-0.15, -0.1) is 0 Å². The molecular weight excluding hydrogens is 321 g/mol. The predicted octanol–water partition coefficient (Wildman–Crippen LogP) is 2.94. The summed E-state index contributed by atoms with van der Waals surface area (Å²) in [6.07, 6.45) is -1.04. The zero-order valence-corrected chi connectivity index (χ0v) is 10.1. The van der Waals surface area contributed by atoms with E-state index in [1.807, 2.05) is 0 Å². The summed E-state index contributed by atoms with van der Waals surface area (Å²) in [5.41, 5.74) is 5.33. The number of alkyl halides is 1. The van der Waals surface area contributed by atoms with E-state index < -0.39 is 11.9 Å². The van der Waals surface area contributed by atoms with Crippen molar-refractivity contribution in [3.05, 3.63) is 28.0 Å². The number of primary amides is 1. The molecule has 6 heteroatoms. The third-order valence-corrected chi connectivity index (χ3v) is 2.69. The number of ether oxygens (including phenoxy) is 1. The SMILES string of the molecule is NC(=O)Oc1c(CBr)ccc(Br)c1F. The lowest BCUT2D eigenvalue weighted by Crippen LogP contribution is -2.18. The summed E-state index contributed by atoms with van der Waals surface area (Å²) in [5, 5.41) is 0.375. The van der Waals surface area contributed by atoms with Crippen molar-refractivity contribution in [2.24, 2.45) is 5.73 Å². The minimum Gasteiger partial charge on any atom is -0.407 e. The van der Waals surface area contributed by atoms with E-state index in [2.05, 4.69) is 36.6 Å². The van der Waals surface area contributed by atoms with Crippen LogP contribution in [0.25, 0.3) is 0 Å². The maximum atomic E-state index is 13.4. The Morgan fingerprint density at radius 1 is 1.57 bits per heavy atom. The zero-order chi connectivity index (χ0) is 10.7. The molecule has 1 aromatic carbocycles. The summed E-state index contributed by atoms with van der Waals surface area (Å²) in [4.78, 5) is 10.5. The Bertz CT molecular complexity index is 371. The maximum Gasteiger partial charge on any atom is 0.410 e. The monoisotopic (exact) mass is 325 g/mol. The van der Waals surface area contributed by atoms with Crippen molar-refractivity contribution in [3.8, 4) is 5.75 Å². The molecule has 0 aliphatic heterocycles. The second kappa shape index (κ2) is 4.75. The Labute approximate surface area is 96.7 Å². The van der Waals surface area contributed by atoms with E-state index in [0.717, 1.165) is 0 Å². The van der Waals surface area contributed by atoms with Gasteiger partial charge in [0.15, 0.2) is 11.6 Å². The van der Waals surface area contributed by atoms with Crippen LogP contribution in [-0.2, 0) is 5.33 Å². The molecule has 1 rings (SSSR count). The van der Waals surface area contributed by atoms with Gasteiger partial charge in [0, 0.05) is 10.9 Å². The van der Waals surface area contributed by atoms with Crippen molar-refractivity contribution in [2.45, 2.75) is 5.33 Å². The first-order valence-corrected chi connectivity index (χ1v) is 5.47. The van der Waals surface area contributed by atoms with E-state index in [9.17, 15) is 9.18 Å². The Kier molecular flexibility index (Phi) is 3.88. The highest BCUT2D eigenvalue weighted by atomic mass is 79.9. The van der Waals surface area contributed by atoms with E-state index in [-0.39, 0.29) is 10.2 Å². The Balaban J connectivity index is 3.20. The minimum absolute atomic E-state index is 0.149. The molecule has 0 aromatic heterocycles. The summed E-state index contributed by atoms with van der Waals surface area (Å²) in [6, 6.07) is 3.15. The zero-order valence-electron chi connectivity index (χ0n) is 6.89. The fourth-order valence-electron chi connectivity index (χ4n) is 0.888. The normalized spacial score (nSPS) is 9.93. The molecule has 0 aliphatic carbocycles. The predicted molar refractivity (Wildman–Crippen MR) is 56.9 cm³/mol. The Hall–Kier alpha value is -0.620. The lowest BCUT2D eigenvalue weighted by Gasteiger charge is -2.08. The fourth-order valence-corrected chi connectivity index (χ4v) is 1.64. The molecule has 0 spiro atoms. The standard InChI is InChI=1S/C8H6Br2FNO2/c9-3-4-1-2-5(10)6(11)7(4)14-8(12)13/h1-2H,3H2,(H2,12,13). The lowest BCUT2D eigenvalue weighted by molar-refractivity contribution is 0.208. The van der Waals surface area contributed by atoms with Crippen molar-refractivity contribution >= 4 is 38.0 Å². The molecule has 3 nitrogen and oxygen atoms in total. The van der Waals surface area contributed by atoms with Crippen LogP contribution in [-0.4, -0.2) is 6.09 Å². The van der Waals surface area contributed by atoms with Crippen LogP contribution in [0.1, 0.15) is 5.56 Å². The third kappa shape index (κ3) is 2.45. The maximum absolute atomic E-state index is 13.4. The molecule has 1 amide bonds. The number of hydrogen-bond donors (Lipinski definition) is 1. The number of benzene rings is 1. The molecular formula is C8H6Br2FNO2. The van der Waals surface area contributed by atoms with Gasteiger partial charge < -0.3 is 10.5 Å². The Morgan fingerprint density at radius 2 is 2.21 bits per heavy atom. The topological polar surface area (TPSA) is 52.3 Å². The minimum atomic E-state index is -1.04. The van der Waals surface area contributed by atoms with E-state index in [0.29, 0.717) is 10.9 Å². The van der Waals surface area contributed by atoms with Crippen LogP contribution >= 0.6 is 31.9 Å². The first-order chi connectivity index (χ1) is 6.56. The summed E-state index contributed by atoms with van der Waals surface area (Å²) in [6.45, 7) is 0. The van der Waals surface area contributed by atoms with Gasteiger partial charge in [-0.2, -0.15) is 0 Å². The van der Waals surface area contributed by atoms with Crippen LogP contribution < -0.4 is 10.5 Å². The van der Waals surface area contributed by atoms with Gasteiger partial charge in [0.1, 0.15) is 0 Å². The van der Waals surface area contributed by atoms with Gasteiger partial charge in [0.25, 0.3) is 0 Å². The number of carbonyl (C=O) groups excluding carboxylic acids is 1. The number of nitrogens with two attached hydrogens (primary N) is 1.